The lowest BCUT2D eigenvalue weighted by Crippen LogP contribution is -2.07. The fourth-order valence-electron chi connectivity index (χ4n) is 1.74. The summed E-state index contributed by atoms with van der Waals surface area (Å²) < 4.78 is 1.73. The summed E-state index contributed by atoms with van der Waals surface area (Å²) in [6.07, 6.45) is 3.70. The molecule has 0 aliphatic rings. The van der Waals surface area contributed by atoms with E-state index < -0.39 is 0 Å². The minimum Gasteiger partial charge on any atom is -0.394 e. The van der Waals surface area contributed by atoms with E-state index in [9.17, 15) is 0 Å². The average Bonchev–Trinajstić information content (AvgIpc) is 2.94. The molecule has 104 valence electrons. The molecular weight excluding hydrogens is 258 g/mol. The van der Waals surface area contributed by atoms with Crippen molar-refractivity contribution in [2.24, 2.45) is 0 Å². The molecule has 2 rings (SSSR count). The van der Waals surface area contributed by atoms with Crippen LogP contribution in [0.1, 0.15) is 30.5 Å². The maximum Gasteiger partial charge on any atom is 0.0729 e. The lowest BCUT2D eigenvalue weighted by atomic mass is 9.95. The Kier molecular flexibility index (Phi) is 4.27. The van der Waals surface area contributed by atoms with Crippen LogP contribution in [0.5, 0.6) is 0 Å². The summed E-state index contributed by atoms with van der Waals surface area (Å²) in [7, 11) is 0. The SMILES string of the molecule is CC(C)(C)c1ccc(CNc2cnn(CCO)c2)s1. The zero-order valence-electron chi connectivity index (χ0n) is 11.7. The summed E-state index contributed by atoms with van der Waals surface area (Å²) in [5.74, 6) is 0. The molecule has 0 atom stereocenters. The zero-order valence-corrected chi connectivity index (χ0v) is 12.5. The van der Waals surface area contributed by atoms with Crippen LogP contribution in [-0.4, -0.2) is 21.5 Å². The topological polar surface area (TPSA) is 50.1 Å². The molecule has 0 saturated carbocycles. The van der Waals surface area contributed by atoms with Gasteiger partial charge in [0.25, 0.3) is 0 Å². The molecule has 2 N–H and O–H groups in total. The van der Waals surface area contributed by atoms with Gasteiger partial charge in [0.15, 0.2) is 0 Å². The lowest BCUT2D eigenvalue weighted by molar-refractivity contribution is 0.269. The summed E-state index contributed by atoms with van der Waals surface area (Å²) in [6.45, 7) is 8.15. The minimum atomic E-state index is 0.112. The van der Waals surface area contributed by atoms with Crippen molar-refractivity contribution in [2.45, 2.75) is 39.3 Å². The summed E-state index contributed by atoms with van der Waals surface area (Å²) in [5.41, 5.74) is 1.20. The van der Waals surface area contributed by atoms with E-state index >= 15 is 0 Å². The van der Waals surface area contributed by atoms with Gasteiger partial charge < -0.3 is 10.4 Å². The lowest BCUT2D eigenvalue weighted by Gasteiger charge is -2.15. The van der Waals surface area contributed by atoms with E-state index in [-0.39, 0.29) is 12.0 Å². The second kappa shape index (κ2) is 5.75. The van der Waals surface area contributed by atoms with E-state index in [1.807, 2.05) is 17.5 Å². The monoisotopic (exact) mass is 279 g/mol. The van der Waals surface area contributed by atoms with Crippen molar-refractivity contribution < 1.29 is 5.11 Å². The molecule has 0 spiro atoms. The average molecular weight is 279 g/mol. The number of thiophene rings is 1. The highest BCUT2D eigenvalue weighted by Gasteiger charge is 2.15. The fraction of sp³-hybridized carbons (Fsp3) is 0.500. The second-order valence-corrected chi connectivity index (χ2v) is 6.75. The second-order valence-electron chi connectivity index (χ2n) is 5.59. The molecule has 0 aliphatic heterocycles. The molecule has 4 nitrogen and oxygen atoms in total. The Bertz CT molecular complexity index is 525. The van der Waals surface area contributed by atoms with Gasteiger partial charge in [-0.1, -0.05) is 20.8 Å². The van der Waals surface area contributed by atoms with Gasteiger partial charge in [-0.25, -0.2) is 0 Å². The molecular formula is C14H21N3OS. The van der Waals surface area contributed by atoms with E-state index in [0.717, 1.165) is 12.2 Å². The number of aromatic nitrogens is 2. The van der Waals surface area contributed by atoms with E-state index in [1.54, 1.807) is 10.9 Å². The molecule has 0 aliphatic carbocycles. The Balaban J connectivity index is 1.93. The van der Waals surface area contributed by atoms with Crippen molar-refractivity contribution in [3.05, 3.63) is 34.3 Å². The quantitative estimate of drug-likeness (QED) is 0.885. The Morgan fingerprint density at radius 2 is 2.16 bits per heavy atom. The van der Waals surface area contributed by atoms with Gasteiger partial charge in [0.1, 0.15) is 0 Å². The number of hydrogen-bond donors (Lipinski definition) is 2. The van der Waals surface area contributed by atoms with Crippen LogP contribution in [0.25, 0.3) is 0 Å². The van der Waals surface area contributed by atoms with Gasteiger partial charge in [0, 0.05) is 22.5 Å². The maximum absolute atomic E-state index is 8.84. The molecule has 5 heteroatoms. The van der Waals surface area contributed by atoms with Crippen LogP contribution in [0.4, 0.5) is 5.69 Å². The third kappa shape index (κ3) is 3.81. The number of anilines is 1. The first-order valence-electron chi connectivity index (χ1n) is 6.45. The molecule has 2 heterocycles. The third-order valence-corrected chi connectivity index (χ3v) is 4.34. The van der Waals surface area contributed by atoms with E-state index in [1.165, 1.54) is 9.75 Å². The van der Waals surface area contributed by atoms with Crippen molar-refractivity contribution in [1.29, 1.82) is 0 Å². The predicted octanol–water partition coefficient (Wildman–Crippen LogP) is 2.85. The van der Waals surface area contributed by atoms with Gasteiger partial charge in [-0.15, -0.1) is 11.3 Å². The van der Waals surface area contributed by atoms with Crippen LogP contribution in [-0.2, 0) is 18.5 Å². The molecule has 2 aromatic rings. The summed E-state index contributed by atoms with van der Waals surface area (Å²) in [6, 6.07) is 4.38. The van der Waals surface area contributed by atoms with Crippen LogP contribution in [0.15, 0.2) is 24.5 Å². The Morgan fingerprint density at radius 3 is 2.79 bits per heavy atom. The van der Waals surface area contributed by atoms with Crippen molar-refractivity contribution in [3.63, 3.8) is 0 Å². The maximum atomic E-state index is 8.84. The smallest absolute Gasteiger partial charge is 0.0729 e. The Labute approximate surface area is 118 Å². The predicted molar refractivity (Wildman–Crippen MR) is 79.7 cm³/mol. The number of aliphatic hydroxyl groups excluding tert-OH is 1. The van der Waals surface area contributed by atoms with Crippen molar-refractivity contribution in [2.75, 3.05) is 11.9 Å². The van der Waals surface area contributed by atoms with Gasteiger partial charge in [-0.2, -0.15) is 5.10 Å². The molecule has 0 amide bonds. The van der Waals surface area contributed by atoms with Crippen molar-refractivity contribution in [1.82, 2.24) is 9.78 Å². The highest BCUT2D eigenvalue weighted by atomic mass is 32.1. The summed E-state index contributed by atoms with van der Waals surface area (Å²) in [4.78, 5) is 2.72. The van der Waals surface area contributed by atoms with Gasteiger partial charge in [0.2, 0.25) is 0 Å². The van der Waals surface area contributed by atoms with Crippen molar-refractivity contribution >= 4 is 17.0 Å². The van der Waals surface area contributed by atoms with Crippen LogP contribution in [0, 0.1) is 0 Å². The largest absolute Gasteiger partial charge is 0.394 e. The molecule has 0 radical (unpaired) electrons. The highest BCUT2D eigenvalue weighted by Crippen LogP contribution is 2.29. The standard InChI is InChI=1S/C14H21N3OS/c1-14(2,3)13-5-4-12(19-13)9-15-11-8-16-17(10-11)6-7-18/h4-5,8,10,15,18H,6-7,9H2,1-3H3. The highest BCUT2D eigenvalue weighted by molar-refractivity contribution is 7.12. The number of nitrogens with one attached hydrogen (secondary N) is 1. The number of hydrogen-bond acceptors (Lipinski definition) is 4. The van der Waals surface area contributed by atoms with E-state index in [2.05, 4.69) is 43.3 Å². The minimum absolute atomic E-state index is 0.112. The first-order chi connectivity index (χ1) is 8.99. The van der Waals surface area contributed by atoms with Gasteiger partial charge in [0.05, 0.1) is 25.0 Å². The number of nitrogens with zero attached hydrogens (tertiary/aromatic N) is 2. The van der Waals surface area contributed by atoms with Crippen molar-refractivity contribution in [3.8, 4) is 0 Å². The molecule has 0 unspecified atom stereocenters. The van der Waals surface area contributed by atoms with Crippen LogP contribution >= 0.6 is 11.3 Å². The Morgan fingerprint density at radius 1 is 1.37 bits per heavy atom. The molecule has 2 aromatic heterocycles. The van der Waals surface area contributed by atoms with Gasteiger partial charge in [-0.3, -0.25) is 4.68 Å². The van der Waals surface area contributed by atoms with E-state index in [4.69, 9.17) is 5.11 Å². The summed E-state index contributed by atoms with van der Waals surface area (Å²) >= 11 is 1.85. The number of rotatable bonds is 5. The van der Waals surface area contributed by atoms with Crippen LogP contribution in [0.2, 0.25) is 0 Å². The molecule has 0 aromatic carbocycles. The normalized spacial score (nSPS) is 11.8. The molecule has 0 bridgehead atoms. The van der Waals surface area contributed by atoms with Gasteiger partial charge >= 0.3 is 0 Å². The molecule has 0 saturated heterocycles. The zero-order chi connectivity index (χ0) is 13.9. The van der Waals surface area contributed by atoms with Gasteiger partial charge in [-0.05, 0) is 17.5 Å². The first kappa shape index (κ1) is 14.1. The molecule has 0 fully saturated rings. The number of aliphatic hydroxyl groups is 1. The summed E-state index contributed by atoms with van der Waals surface area (Å²) in [5, 5.41) is 16.3. The molecule has 19 heavy (non-hydrogen) atoms. The first-order valence-corrected chi connectivity index (χ1v) is 7.27. The Hall–Kier alpha value is -1.33. The van der Waals surface area contributed by atoms with E-state index in [0.29, 0.717) is 6.54 Å². The van der Waals surface area contributed by atoms with Crippen LogP contribution < -0.4 is 5.32 Å². The third-order valence-electron chi connectivity index (χ3n) is 2.83. The van der Waals surface area contributed by atoms with Crippen LogP contribution in [0.3, 0.4) is 0 Å². The fourth-order valence-corrected chi connectivity index (χ4v) is 2.75.